The molecule has 1 fully saturated rings. The Morgan fingerprint density at radius 1 is 1.33 bits per heavy atom. The normalized spacial score (nSPS) is 21.7. The molecule has 0 radical (unpaired) electrons. The van der Waals surface area contributed by atoms with Gasteiger partial charge in [0.15, 0.2) is 0 Å². The third-order valence-corrected chi connectivity index (χ3v) is 6.03. The van der Waals surface area contributed by atoms with Crippen molar-refractivity contribution in [1.82, 2.24) is 4.72 Å². The Morgan fingerprint density at radius 2 is 2.05 bits per heavy atom. The van der Waals surface area contributed by atoms with Gasteiger partial charge in [0.05, 0.1) is 16.5 Å². The number of hydrogen-bond acceptors (Lipinski definition) is 3. The summed E-state index contributed by atoms with van der Waals surface area (Å²) in [6, 6.07) is 6.71. The number of hydrogen-bond donors (Lipinski definition) is 1. The SMILES string of the molecule is Cc1ccc(C#N)cc1S(=O)(=O)NC1CCCCC1(C)C. The summed E-state index contributed by atoms with van der Waals surface area (Å²) in [5.74, 6) is 0. The van der Waals surface area contributed by atoms with Crippen LogP contribution in [0.3, 0.4) is 0 Å². The van der Waals surface area contributed by atoms with E-state index < -0.39 is 10.0 Å². The Morgan fingerprint density at radius 3 is 2.67 bits per heavy atom. The summed E-state index contributed by atoms with van der Waals surface area (Å²) in [5, 5.41) is 8.96. The smallest absolute Gasteiger partial charge is 0.208 e. The fourth-order valence-corrected chi connectivity index (χ4v) is 4.63. The van der Waals surface area contributed by atoms with E-state index in [4.69, 9.17) is 5.26 Å². The zero-order valence-corrected chi connectivity index (χ0v) is 13.6. The third kappa shape index (κ3) is 3.45. The molecule has 1 aliphatic carbocycles. The van der Waals surface area contributed by atoms with E-state index in [0.717, 1.165) is 25.7 Å². The molecule has 1 aromatic rings. The van der Waals surface area contributed by atoms with E-state index >= 15 is 0 Å². The van der Waals surface area contributed by atoms with Crippen molar-refractivity contribution in [2.24, 2.45) is 5.41 Å². The standard InChI is InChI=1S/C16H22N2O2S/c1-12-7-8-13(11-17)10-14(12)21(19,20)18-15-6-4-5-9-16(15,2)3/h7-8,10,15,18H,4-6,9H2,1-3H3. The van der Waals surface area contributed by atoms with Crippen LogP contribution in [-0.4, -0.2) is 14.5 Å². The zero-order chi connectivity index (χ0) is 15.7. The van der Waals surface area contributed by atoms with Crippen molar-refractivity contribution in [1.29, 1.82) is 5.26 Å². The number of sulfonamides is 1. The summed E-state index contributed by atoms with van der Waals surface area (Å²) < 4.78 is 28.2. The number of nitriles is 1. The van der Waals surface area contributed by atoms with E-state index in [1.54, 1.807) is 19.1 Å². The highest BCUT2D eigenvalue weighted by Gasteiger charge is 2.35. The highest BCUT2D eigenvalue weighted by Crippen LogP contribution is 2.36. The van der Waals surface area contributed by atoms with E-state index in [0.29, 0.717) is 11.1 Å². The molecule has 0 spiro atoms. The zero-order valence-electron chi connectivity index (χ0n) is 12.8. The van der Waals surface area contributed by atoms with Crippen molar-refractivity contribution in [3.05, 3.63) is 29.3 Å². The number of aryl methyl sites for hydroxylation is 1. The van der Waals surface area contributed by atoms with Crippen LogP contribution < -0.4 is 4.72 Å². The predicted octanol–water partition coefficient (Wildman–Crippen LogP) is 3.11. The minimum absolute atomic E-state index is 0.0357. The van der Waals surface area contributed by atoms with E-state index in [1.165, 1.54) is 6.07 Å². The van der Waals surface area contributed by atoms with Gasteiger partial charge in [-0.25, -0.2) is 13.1 Å². The van der Waals surface area contributed by atoms with E-state index in [9.17, 15) is 8.42 Å². The fraction of sp³-hybridized carbons (Fsp3) is 0.562. The molecule has 1 saturated carbocycles. The van der Waals surface area contributed by atoms with Gasteiger partial charge in [-0.2, -0.15) is 5.26 Å². The Balaban J connectivity index is 2.33. The lowest BCUT2D eigenvalue weighted by atomic mass is 9.74. The largest absolute Gasteiger partial charge is 0.241 e. The van der Waals surface area contributed by atoms with Crippen molar-refractivity contribution in [2.75, 3.05) is 0 Å². The van der Waals surface area contributed by atoms with E-state index in [1.807, 2.05) is 6.07 Å². The molecule has 0 aliphatic heterocycles. The van der Waals surface area contributed by atoms with Crippen molar-refractivity contribution in [3.8, 4) is 6.07 Å². The van der Waals surface area contributed by atoms with Crippen molar-refractivity contribution < 1.29 is 8.42 Å². The highest BCUT2D eigenvalue weighted by atomic mass is 32.2. The molecule has 0 aromatic heterocycles. The second-order valence-electron chi connectivity index (χ2n) is 6.50. The van der Waals surface area contributed by atoms with Crippen molar-refractivity contribution >= 4 is 10.0 Å². The number of nitrogens with one attached hydrogen (secondary N) is 1. The van der Waals surface area contributed by atoms with Crippen LogP contribution in [0.25, 0.3) is 0 Å². The molecule has 0 amide bonds. The molecule has 0 saturated heterocycles. The summed E-state index contributed by atoms with van der Waals surface area (Å²) in [6.45, 7) is 5.97. The minimum atomic E-state index is -3.60. The molecule has 1 aliphatic rings. The lowest BCUT2D eigenvalue weighted by molar-refractivity contribution is 0.188. The van der Waals surface area contributed by atoms with Crippen LogP contribution in [-0.2, 0) is 10.0 Å². The molecular formula is C16H22N2O2S. The molecule has 1 N–H and O–H groups in total. The molecule has 2 rings (SSSR count). The summed E-state index contributed by atoms with van der Waals surface area (Å²) >= 11 is 0. The number of rotatable bonds is 3. The first kappa shape index (κ1) is 16.0. The highest BCUT2D eigenvalue weighted by molar-refractivity contribution is 7.89. The summed E-state index contributed by atoms with van der Waals surface area (Å²) in [5.41, 5.74) is 0.991. The van der Waals surface area contributed by atoms with Crippen LogP contribution in [0.4, 0.5) is 0 Å². The van der Waals surface area contributed by atoms with Gasteiger partial charge >= 0.3 is 0 Å². The second kappa shape index (κ2) is 5.78. The van der Waals surface area contributed by atoms with Crippen LogP contribution in [0, 0.1) is 23.7 Å². The summed E-state index contributed by atoms with van der Waals surface area (Å²) in [4.78, 5) is 0.211. The van der Waals surface area contributed by atoms with Gasteiger partial charge in [0.2, 0.25) is 10.0 Å². The van der Waals surface area contributed by atoms with Gasteiger partial charge < -0.3 is 0 Å². The van der Waals surface area contributed by atoms with Crippen molar-refractivity contribution in [2.45, 2.75) is 57.4 Å². The Bertz CT molecular complexity index is 672. The predicted molar refractivity (Wildman–Crippen MR) is 82.3 cm³/mol. The van der Waals surface area contributed by atoms with Gasteiger partial charge in [-0.15, -0.1) is 0 Å². The number of benzene rings is 1. The first-order chi connectivity index (χ1) is 9.76. The van der Waals surface area contributed by atoms with Crippen LogP contribution in [0.5, 0.6) is 0 Å². The maximum atomic E-state index is 12.7. The molecule has 4 nitrogen and oxygen atoms in total. The lowest BCUT2D eigenvalue weighted by Gasteiger charge is -2.38. The molecular weight excluding hydrogens is 284 g/mol. The fourth-order valence-electron chi connectivity index (χ4n) is 2.92. The Kier molecular flexibility index (Phi) is 4.40. The molecule has 114 valence electrons. The average Bonchev–Trinajstić information content (AvgIpc) is 2.41. The lowest BCUT2D eigenvalue weighted by Crippen LogP contribution is -2.46. The second-order valence-corrected chi connectivity index (χ2v) is 8.18. The molecule has 21 heavy (non-hydrogen) atoms. The third-order valence-electron chi connectivity index (χ3n) is 4.41. The van der Waals surface area contributed by atoms with Crippen molar-refractivity contribution in [3.63, 3.8) is 0 Å². The minimum Gasteiger partial charge on any atom is -0.208 e. The van der Waals surface area contributed by atoms with Crippen LogP contribution in [0.2, 0.25) is 0 Å². The Hall–Kier alpha value is -1.38. The first-order valence-electron chi connectivity index (χ1n) is 7.29. The van der Waals surface area contributed by atoms with E-state index in [2.05, 4.69) is 18.6 Å². The van der Waals surface area contributed by atoms with Crippen LogP contribution >= 0.6 is 0 Å². The van der Waals surface area contributed by atoms with Gasteiger partial charge in [0.25, 0.3) is 0 Å². The van der Waals surface area contributed by atoms with Gasteiger partial charge in [-0.05, 0) is 42.9 Å². The molecule has 5 heteroatoms. The summed E-state index contributed by atoms with van der Waals surface area (Å²) in [6.07, 6.45) is 4.09. The van der Waals surface area contributed by atoms with Crippen LogP contribution in [0.1, 0.15) is 50.7 Å². The average molecular weight is 306 g/mol. The maximum Gasteiger partial charge on any atom is 0.241 e. The van der Waals surface area contributed by atoms with Gasteiger partial charge in [-0.3, -0.25) is 0 Å². The maximum absolute atomic E-state index is 12.7. The molecule has 1 atom stereocenters. The molecule has 1 unspecified atom stereocenters. The monoisotopic (exact) mass is 306 g/mol. The van der Waals surface area contributed by atoms with Gasteiger partial charge in [0, 0.05) is 6.04 Å². The molecule has 0 heterocycles. The van der Waals surface area contributed by atoms with E-state index in [-0.39, 0.29) is 16.4 Å². The topological polar surface area (TPSA) is 70.0 Å². The molecule has 1 aromatic carbocycles. The summed E-state index contributed by atoms with van der Waals surface area (Å²) in [7, 11) is -3.60. The molecule has 0 bridgehead atoms. The van der Waals surface area contributed by atoms with Gasteiger partial charge in [0.1, 0.15) is 0 Å². The first-order valence-corrected chi connectivity index (χ1v) is 8.78. The quantitative estimate of drug-likeness (QED) is 0.932. The number of nitrogens with zero attached hydrogens (tertiary/aromatic N) is 1. The van der Waals surface area contributed by atoms with Crippen LogP contribution in [0.15, 0.2) is 23.1 Å². The Labute approximate surface area is 127 Å². The van der Waals surface area contributed by atoms with Gasteiger partial charge in [-0.1, -0.05) is 32.8 Å².